The number of hydrogen-bond acceptors (Lipinski definition) is 5. The zero-order chi connectivity index (χ0) is 11.6. The smallest absolute Gasteiger partial charge is 0.319 e. The molecule has 0 amide bonds. The normalized spacial score (nSPS) is 11.3. The molecule has 5 N–H and O–H groups in total. The predicted molar refractivity (Wildman–Crippen MR) is 60.6 cm³/mol. The van der Waals surface area contributed by atoms with E-state index in [1.807, 2.05) is 0 Å². The van der Waals surface area contributed by atoms with Crippen LogP contribution in [0.3, 0.4) is 0 Å². The predicted octanol–water partition coefficient (Wildman–Crippen LogP) is 1.20. The van der Waals surface area contributed by atoms with E-state index in [1.54, 1.807) is 26.0 Å². The van der Waals surface area contributed by atoms with Crippen LogP contribution in [0.1, 0.15) is 13.8 Å². The monoisotopic (exact) mass is 227 g/mol. The molecule has 0 aliphatic rings. The number of aromatic nitrogens is 1. The molecule has 5 nitrogen and oxygen atoms in total. The van der Waals surface area contributed by atoms with E-state index < -0.39 is 10.7 Å². The number of nitrogens with zero attached hydrogens (tertiary/aromatic N) is 1. The summed E-state index contributed by atoms with van der Waals surface area (Å²) >= 11 is 1.15. The highest BCUT2D eigenvalue weighted by atomic mass is 32.2. The van der Waals surface area contributed by atoms with E-state index in [-0.39, 0.29) is 5.82 Å². The second kappa shape index (κ2) is 3.98. The Hall–Kier alpha value is -1.43. The number of pyridine rings is 1. The third kappa shape index (κ3) is 2.76. The van der Waals surface area contributed by atoms with Gasteiger partial charge in [0.2, 0.25) is 0 Å². The summed E-state index contributed by atoms with van der Waals surface area (Å²) in [7, 11) is 0. The number of nitrogen functional groups attached to an aromatic ring is 2. The molecule has 0 unspecified atom stereocenters. The highest BCUT2D eigenvalue weighted by molar-refractivity contribution is 8.01. The Bertz CT molecular complexity index is 393. The molecule has 0 aromatic carbocycles. The van der Waals surface area contributed by atoms with Crippen molar-refractivity contribution in [1.82, 2.24) is 4.98 Å². The number of nitrogens with two attached hydrogens (primary N) is 2. The van der Waals surface area contributed by atoms with E-state index in [1.165, 1.54) is 0 Å². The molecular formula is C9H13N3O2S. The molecule has 0 atom stereocenters. The van der Waals surface area contributed by atoms with Crippen LogP contribution >= 0.6 is 11.8 Å². The van der Waals surface area contributed by atoms with Gasteiger partial charge in [0, 0.05) is 0 Å². The highest BCUT2D eigenvalue weighted by Gasteiger charge is 2.29. The van der Waals surface area contributed by atoms with Crippen molar-refractivity contribution in [1.29, 1.82) is 0 Å². The molecule has 6 heteroatoms. The lowest BCUT2D eigenvalue weighted by molar-refractivity contribution is -0.138. The molecular weight excluding hydrogens is 214 g/mol. The number of aliphatic carboxylic acids is 1. The van der Waals surface area contributed by atoms with Crippen molar-refractivity contribution in [2.24, 2.45) is 0 Å². The Kier molecular flexibility index (Phi) is 3.09. The largest absolute Gasteiger partial charge is 0.480 e. The van der Waals surface area contributed by atoms with Gasteiger partial charge in [0.25, 0.3) is 0 Å². The molecule has 1 aromatic rings. The average molecular weight is 227 g/mol. The van der Waals surface area contributed by atoms with Gasteiger partial charge >= 0.3 is 5.97 Å². The molecule has 0 fully saturated rings. The molecule has 1 heterocycles. The van der Waals surface area contributed by atoms with Gasteiger partial charge in [0.1, 0.15) is 16.4 Å². The quantitative estimate of drug-likeness (QED) is 0.670. The molecule has 0 radical (unpaired) electrons. The summed E-state index contributed by atoms with van der Waals surface area (Å²) in [4.78, 5) is 15.4. The Balaban J connectivity index is 2.95. The fourth-order valence-corrected chi connectivity index (χ4v) is 1.81. The molecule has 1 aromatic heterocycles. The standard InChI is InChI=1S/C9H13N3O2S/c1-9(2,8(13)14)15-5-3-4-6(10)12-7(5)11/h3-4H,1-2H3,(H,13,14)(H4,10,11,12). The van der Waals surface area contributed by atoms with E-state index in [2.05, 4.69) is 4.98 Å². The first-order chi connectivity index (χ1) is 6.83. The van der Waals surface area contributed by atoms with E-state index in [0.29, 0.717) is 10.7 Å². The summed E-state index contributed by atoms with van der Waals surface area (Å²) in [6.45, 7) is 3.21. The lowest BCUT2D eigenvalue weighted by Gasteiger charge is -2.18. The molecule has 0 saturated carbocycles. The Morgan fingerprint density at radius 2 is 2.07 bits per heavy atom. The number of carbonyl (C=O) groups is 1. The van der Waals surface area contributed by atoms with Crippen LogP contribution in [-0.4, -0.2) is 20.8 Å². The van der Waals surface area contributed by atoms with Gasteiger partial charge in [-0.15, -0.1) is 11.8 Å². The number of thioether (sulfide) groups is 1. The summed E-state index contributed by atoms with van der Waals surface area (Å²) < 4.78 is -0.939. The Morgan fingerprint density at radius 1 is 1.47 bits per heavy atom. The van der Waals surface area contributed by atoms with Crippen LogP contribution < -0.4 is 11.5 Å². The van der Waals surface area contributed by atoms with Crippen LogP contribution in [0.15, 0.2) is 17.0 Å². The van der Waals surface area contributed by atoms with Gasteiger partial charge in [-0.3, -0.25) is 4.79 Å². The van der Waals surface area contributed by atoms with Crippen molar-refractivity contribution in [3.05, 3.63) is 12.1 Å². The fraction of sp³-hybridized carbons (Fsp3) is 0.333. The Labute approximate surface area is 91.9 Å². The molecule has 0 saturated heterocycles. The zero-order valence-corrected chi connectivity index (χ0v) is 9.34. The maximum Gasteiger partial charge on any atom is 0.319 e. The Morgan fingerprint density at radius 3 is 2.53 bits per heavy atom. The SMILES string of the molecule is CC(C)(Sc1ccc(N)nc1N)C(=O)O. The molecule has 82 valence electrons. The van der Waals surface area contributed by atoms with E-state index in [4.69, 9.17) is 16.6 Å². The third-order valence-corrected chi connectivity index (χ3v) is 3.04. The van der Waals surface area contributed by atoms with E-state index in [9.17, 15) is 4.79 Å². The molecule has 0 spiro atoms. The van der Waals surface area contributed by atoms with Crippen molar-refractivity contribution in [3.63, 3.8) is 0 Å². The first-order valence-corrected chi connectivity index (χ1v) is 5.09. The maximum absolute atomic E-state index is 10.9. The van der Waals surface area contributed by atoms with Crippen molar-refractivity contribution in [3.8, 4) is 0 Å². The lowest BCUT2D eigenvalue weighted by atomic mass is 10.2. The fourth-order valence-electron chi connectivity index (χ4n) is 0.883. The van der Waals surface area contributed by atoms with Gasteiger partial charge in [-0.2, -0.15) is 0 Å². The summed E-state index contributed by atoms with van der Waals surface area (Å²) in [5.74, 6) is -0.317. The second-order valence-corrected chi connectivity index (χ2v) is 5.20. The van der Waals surface area contributed by atoms with Gasteiger partial charge in [0.05, 0.1) is 4.90 Å². The zero-order valence-electron chi connectivity index (χ0n) is 8.52. The number of anilines is 2. The van der Waals surface area contributed by atoms with E-state index in [0.717, 1.165) is 11.8 Å². The van der Waals surface area contributed by atoms with Crippen LogP contribution in [0.5, 0.6) is 0 Å². The molecule has 0 bridgehead atoms. The number of carboxylic acids is 1. The van der Waals surface area contributed by atoms with Crippen molar-refractivity contribution >= 4 is 29.4 Å². The van der Waals surface area contributed by atoms with Gasteiger partial charge < -0.3 is 16.6 Å². The van der Waals surface area contributed by atoms with Crippen molar-refractivity contribution in [2.75, 3.05) is 11.5 Å². The van der Waals surface area contributed by atoms with Gasteiger partial charge in [0.15, 0.2) is 0 Å². The summed E-state index contributed by atoms with van der Waals surface area (Å²) in [5, 5.41) is 8.94. The van der Waals surface area contributed by atoms with Crippen LogP contribution in [0.25, 0.3) is 0 Å². The first kappa shape index (κ1) is 11.6. The van der Waals surface area contributed by atoms with Crippen LogP contribution in [0.4, 0.5) is 11.6 Å². The van der Waals surface area contributed by atoms with Gasteiger partial charge in [-0.05, 0) is 26.0 Å². The summed E-state index contributed by atoms with van der Waals surface area (Å²) in [5.41, 5.74) is 11.1. The topological polar surface area (TPSA) is 102 Å². The molecule has 0 aliphatic heterocycles. The van der Waals surface area contributed by atoms with Crippen molar-refractivity contribution in [2.45, 2.75) is 23.5 Å². The lowest BCUT2D eigenvalue weighted by Crippen LogP contribution is -2.27. The number of carboxylic acid groups (broad SMARTS) is 1. The van der Waals surface area contributed by atoms with Gasteiger partial charge in [-0.25, -0.2) is 4.98 Å². The van der Waals surface area contributed by atoms with Crippen molar-refractivity contribution < 1.29 is 9.90 Å². The number of hydrogen-bond donors (Lipinski definition) is 3. The third-order valence-electron chi connectivity index (χ3n) is 1.79. The number of rotatable bonds is 3. The van der Waals surface area contributed by atoms with Gasteiger partial charge in [-0.1, -0.05) is 0 Å². The highest BCUT2D eigenvalue weighted by Crippen LogP contribution is 2.35. The van der Waals surface area contributed by atoms with Crippen LogP contribution in [0.2, 0.25) is 0 Å². The molecule has 0 aliphatic carbocycles. The second-order valence-electron chi connectivity index (χ2n) is 3.54. The maximum atomic E-state index is 10.9. The first-order valence-electron chi connectivity index (χ1n) is 4.27. The minimum absolute atomic E-state index is 0.259. The van der Waals surface area contributed by atoms with Crippen LogP contribution in [0, 0.1) is 0 Å². The minimum Gasteiger partial charge on any atom is -0.480 e. The average Bonchev–Trinajstić information content (AvgIpc) is 2.09. The summed E-state index contributed by atoms with van der Waals surface area (Å²) in [6.07, 6.45) is 0. The molecule has 15 heavy (non-hydrogen) atoms. The minimum atomic E-state index is -0.939. The van der Waals surface area contributed by atoms with Crippen LogP contribution in [-0.2, 0) is 4.79 Å². The molecule has 1 rings (SSSR count). The summed E-state index contributed by atoms with van der Waals surface area (Å²) in [6, 6.07) is 3.27. The van der Waals surface area contributed by atoms with E-state index >= 15 is 0 Å².